The summed E-state index contributed by atoms with van der Waals surface area (Å²) in [6.07, 6.45) is 5.64. The van der Waals surface area contributed by atoms with E-state index in [0.29, 0.717) is 19.5 Å². The van der Waals surface area contributed by atoms with Crippen LogP contribution in [0, 0.1) is 16.7 Å². The molecule has 2 aromatic heterocycles. The molecule has 0 bridgehead atoms. The Hall–Kier alpha value is -2.55. The van der Waals surface area contributed by atoms with Crippen LogP contribution in [0.1, 0.15) is 39.3 Å². The number of ether oxygens (including phenoxy) is 1. The van der Waals surface area contributed by atoms with E-state index in [1.807, 2.05) is 55.8 Å². The fourth-order valence-electron chi connectivity index (χ4n) is 3.31. The van der Waals surface area contributed by atoms with Crippen LogP contribution in [-0.2, 0) is 11.2 Å². The highest BCUT2D eigenvalue weighted by molar-refractivity contribution is 5.68. The zero-order chi connectivity index (χ0) is 18.1. The van der Waals surface area contributed by atoms with Gasteiger partial charge in [0, 0.05) is 31.9 Å². The molecule has 1 amide bonds. The van der Waals surface area contributed by atoms with Crippen molar-refractivity contribution in [2.24, 2.45) is 5.41 Å². The maximum atomic E-state index is 12.4. The van der Waals surface area contributed by atoms with Crippen LogP contribution in [0.15, 0.2) is 30.6 Å². The van der Waals surface area contributed by atoms with Gasteiger partial charge in [0.25, 0.3) is 0 Å². The quantitative estimate of drug-likeness (QED) is 0.840. The Balaban J connectivity index is 1.77. The van der Waals surface area contributed by atoms with E-state index in [9.17, 15) is 10.1 Å². The third-order valence-corrected chi connectivity index (χ3v) is 4.40. The smallest absolute Gasteiger partial charge is 0.410 e. The molecule has 2 aromatic rings. The van der Waals surface area contributed by atoms with Crippen LogP contribution >= 0.6 is 0 Å². The molecule has 1 aliphatic rings. The number of aromatic nitrogens is 2. The SMILES string of the molecule is CC(C)(C)OC(=O)N1CCCC(C#N)(Cc2cn3ccccc3n2)C1. The molecular formula is C19H24N4O2. The minimum Gasteiger partial charge on any atom is -0.444 e. The molecule has 0 spiro atoms. The summed E-state index contributed by atoms with van der Waals surface area (Å²) in [5, 5.41) is 9.85. The number of hydrogen-bond acceptors (Lipinski definition) is 4. The highest BCUT2D eigenvalue weighted by Crippen LogP contribution is 2.33. The first kappa shape index (κ1) is 17.3. The van der Waals surface area contributed by atoms with E-state index in [0.717, 1.165) is 24.2 Å². The third kappa shape index (κ3) is 3.93. The number of nitrogens with zero attached hydrogens (tertiary/aromatic N) is 4. The van der Waals surface area contributed by atoms with Gasteiger partial charge in [0.15, 0.2) is 0 Å². The van der Waals surface area contributed by atoms with E-state index >= 15 is 0 Å². The highest BCUT2D eigenvalue weighted by Gasteiger charge is 2.39. The summed E-state index contributed by atoms with van der Waals surface area (Å²) in [4.78, 5) is 18.7. The van der Waals surface area contributed by atoms with Gasteiger partial charge in [-0.15, -0.1) is 0 Å². The van der Waals surface area contributed by atoms with Crippen molar-refractivity contribution < 1.29 is 9.53 Å². The van der Waals surface area contributed by atoms with Crippen molar-refractivity contribution in [2.45, 2.75) is 45.6 Å². The largest absolute Gasteiger partial charge is 0.444 e. The number of hydrogen-bond donors (Lipinski definition) is 0. The molecule has 0 N–H and O–H groups in total. The molecule has 0 radical (unpaired) electrons. The number of carbonyl (C=O) groups excluding carboxylic acids is 1. The first-order chi connectivity index (χ1) is 11.8. The van der Waals surface area contributed by atoms with Gasteiger partial charge in [0.05, 0.1) is 17.2 Å². The van der Waals surface area contributed by atoms with Gasteiger partial charge in [0.2, 0.25) is 0 Å². The summed E-state index contributed by atoms with van der Waals surface area (Å²) in [6.45, 7) is 6.56. The summed E-state index contributed by atoms with van der Waals surface area (Å²) in [5.74, 6) is 0. The Bertz CT molecular complexity index is 782. The van der Waals surface area contributed by atoms with Gasteiger partial charge in [-0.1, -0.05) is 6.07 Å². The lowest BCUT2D eigenvalue weighted by molar-refractivity contribution is 0.0110. The van der Waals surface area contributed by atoms with Crippen molar-refractivity contribution >= 4 is 11.7 Å². The summed E-state index contributed by atoms with van der Waals surface area (Å²) in [6, 6.07) is 8.29. The van der Waals surface area contributed by atoms with E-state index in [2.05, 4.69) is 11.1 Å². The van der Waals surface area contributed by atoms with Crippen LogP contribution in [0.2, 0.25) is 0 Å². The predicted molar refractivity (Wildman–Crippen MR) is 94.0 cm³/mol. The number of pyridine rings is 1. The van der Waals surface area contributed by atoms with Crippen molar-refractivity contribution in [3.8, 4) is 6.07 Å². The molecule has 0 aromatic carbocycles. The van der Waals surface area contributed by atoms with E-state index in [4.69, 9.17) is 4.74 Å². The molecule has 0 saturated carbocycles. The number of imidazole rings is 1. The Morgan fingerprint density at radius 3 is 2.92 bits per heavy atom. The lowest BCUT2D eigenvalue weighted by atomic mass is 9.77. The van der Waals surface area contributed by atoms with Gasteiger partial charge in [-0.3, -0.25) is 0 Å². The average Bonchev–Trinajstić information content (AvgIpc) is 2.95. The van der Waals surface area contributed by atoms with E-state index in [-0.39, 0.29) is 6.09 Å². The van der Waals surface area contributed by atoms with Crippen LogP contribution < -0.4 is 0 Å². The second kappa shape index (κ2) is 6.40. The molecule has 3 heterocycles. The zero-order valence-corrected chi connectivity index (χ0v) is 15.0. The van der Waals surface area contributed by atoms with Gasteiger partial charge in [-0.25, -0.2) is 9.78 Å². The van der Waals surface area contributed by atoms with Crippen LogP contribution in [-0.4, -0.2) is 39.1 Å². The molecule has 1 fully saturated rings. The Labute approximate surface area is 148 Å². The van der Waals surface area contributed by atoms with Crippen LogP contribution in [0.3, 0.4) is 0 Å². The maximum Gasteiger partial charge on any atom is 0.410 e. The first-order valence-corrected chi connectivity index (χ1v) is 8.62. The number of carbonyl (C=O) groups is 1. The number of fused-ring (bicyclic) bond motifs is 1. The second-order valence-electron chi connectivity index (χ2n) is 7.77. The number of amides is 1. The Kier molecular flexibility index (Phi) is 4.42. The number of likely N-dealkylation sites (tertiary alicyclic amines) is 1. The molecule has 1 unspecified atom stereocenters. The molecule has 3 rings (SSSR count). The monoisotopic (exact) mass is 340 g/mol. The predicted octanol–water partition coefficient (Wildman–Crippen LogP) is 3.42. The Morgan fingerprint density at radius 1 is 1.44 bits per heavy atom. The fourth-order valence-corrected chi connectivity index (χ4v) is 3.31. The van der Waals surface area contributed by atoms with Gasteiger partial charge in [-0.05, 0) is 45.7 Å². The van der Waals surface area contributed by atoms with Crippen molar-refractivity contribution in [3.63, 3.8) is 0 Å². The van der Waals surface area contributed by atoms with Gasteiger partial charge >= 0.3 is 6.09 Å². The minimum atomic E-state index is -0.618. The summed E-state index contributed by atoms with van der Waals surface area (Å²) >= 11 is 0. The number of rotatable bonds is 2. The van der Waals surface area contributed by atoms with Crippen molar-refractivity contribution in [1.29, 1.82) is 5.26 Å². The summed E-state index contributed by atoms with van der Waals surface area (Å²) < 4.78 is 7.42. The summed E-state index contributed by atoms with van der Waals surface area (Å²) in [7, 11) is 0. The molecule has 25 heavy (non-hydrogen) atoms. The minimum absolute atomic E-state index is 0.346. The van der Waals surface area contributed by atoms with E-state index < -0.39 is 11.0 Å². The molecule has 1 aliphatic heterocycles. The standard InChI is InChI=1S/C19H24N4O2/c1-18(2,3)25-17(24)23-10-6-8-19(13-20,14-23)11-15-12-22-9-5-4-7-16(22)21-15/h4-5,7,9,12H,6,8,10-11,14H2,1-3H3. The lowest BCUT2D eigenvalue weighted by Crippen LogP contribution is -2.48. The third-order valence-electron chi connectivity index (χ3n) is 4.40. The molecule has 6 nitrogen and oxygen atoms in total. The molecule has 132 valence electrons. The zero-order valence-electron chi connectivity index (χ0n) is 15.0. The number of nitriles is 1. The highest BCUT2D eigenvalue weighted by atomic mass is 16.6. The molecule has 1 saturated heterocycles. The van der Waals surface area contributed by atoms with Crippen molar-refractivity contribution in [1.82, 2.24) is 14.3 Å². The second-order valence-corrected chi connectivity index (χ2v) is 7.77. The molecule has 6 heteroatoms. The van der Waals surface area contributed by atoms with Gasteiger partial charge in [-0.2, -0.15) is 5.26 Å². The topological polar surface area (TPSA) is 70.6 Å². The number of piperidine rings is 1. The van der Waals surface area contributed by atoms with Crippen molar-refractivity contribution in [3.05, 3.63) is 36.3 Å². The van der Waals surface area contributed by atoms with Crippen LogP contribution in [0.4, 0.5) is 4.79 Å². The van der Waals surface area contributed by atoms with Crippen LogP contribution in [0.5, 0.6) is 0 Å². The Morgan fingerprint density at radius 2 is 2.24 bits per heavy atom. The maximum absolute atomic E-state index is 12.4. The molecule has 0 aliphatic carbocycles. The fraction of sp³-hybridized carbons (Fsp3) is 0.526. The van der Waals surface area contributed by atoms with Crippen LogP contribution in [0.25, 0.3) is 5.65 Å². The van der Waals surface area contributed by atoms with Gasteiger partial charge < -0.3 is 14.0 Å². The lowest BCUT2D eigenvalue weighted by Gasteiger charge is -2.38. The average molecular weight is 340 g/mol. The summed E-state index contributed by atoms with van der Waals surface area (Å²) in [5.41, 5.74) is 0.586. The molecular weight excluding hydrogens is 316 g/mol. The normalized spacial score (nSPS) is 21.1. The first-order valence-electron chi connectivity index (χ1n) is 8.62. The molecule has 1 atom stereocenters. The van der Waals surface area contributed by atoms with Gasteiger partial charge in [0.1, 0.15) is 11.2 Å². The van der Waals surface area contributed by atoms with E-state index in [1.54, 1.807) is 4.90 Å². The van der Waals surface area contributed by atoms with Crippen molar-refractivity contribution in [2.75, 3.05) is 13.1 Å². The van der Waals surface area contributed by atoms with E-state index in [1.165, 1.54) is 0 Å².